The van der Waals surface area contributed by atoms with Gasteiger partial charge in [0.25, 0.3) is 0 Å². The van der Waals surface area contributed by atoms with Crippen molar-refractivity contribution in [2.45, 2.75) is 53.4 Å². The van der Waals surface area contributed by atoms with E-state index < -0.39 is 0 Å². The minimum Gasteiger partial charge on any atom is -0.0683 e. The van der Waals surface area contributed by atoms with Gasteiger partial charge in [-0.1, -0.05) is 32.9 Å². The zero-order chi connectivity index (χ0) is 10.7. The fraction of sp³-hybridized carbons (Fsp3) is 0.571. The molecule has 1 aromatic rings. The Bertz CT molecular complexity index is 310. The molecule has 0 N–H and O–H groups in total. The average Bonchev–Trinajstić information content (AvgIpc) is 2.53. The predicted octanol–water partition coefficient (Wildman–Crippen LogP) is 4.38. The SMILES string of the molecule is CC.Cc1cc2c(cc1C)C(C)CC2. The van der Waals surface area contributed by atoms with E-state index >= 15 is 0 Å². The number of hydrogen-bond donors (Lipinski definition) is 0. The lowest BCUT2D eigenvalue weighted by atomic mass is 9.98. The Kier molecular flexibility index (Phi) is 3.74. The molecule has 0 fully saturated rings. The van der Waals surface area contributed by atoms with Gasteiger partial charge in [0.2, 0.25) is 0 Å². The third-order valence-electron chi connectivity index (χ3n) is 3.13. The monoisotopic (exact) mass is 190 g/mol. The Morgan fingerprint density at radius 3 is 2.29 bits per heavy atom. The maximum Gasteiger partial charge on any atom is -0.0184 e. The number of fused-ring (bicyclic) bond motifs is 1. The van der Waals surface area contributed by atoms with Crippen LogP contribution < -0.4 is 0 Å². The minimum absolute atomic E-state index is 0.791. The largest absolute Gasteiger partial charge is 0.0683 e. The van der Waals surface area contributed by atoms with Crippen molar-refractivity contribution < 1.29 is 0 Å². The van der Waals surface area contributed by atoms with E-state index in [1.54, 1.807) is 11.1 Å². The fourth-order valence-corrected chi connectivity index (χ4v) is 2.10. The molecule has 0 aliphatic heterocycles. The average molecular weight is 190 g/mol. The van der Waals surface area contributed by atoms with Crippen molar-refractivity contribution in [1.82, 2.24) is 0 Å². The van der Waals surface area contributed by atoms with Gasteiger partial charge in [0.15, 0.2) is 0 Å². The lowest BCUT2D eigenvalue weighted by molar-refractivity contribution is 0.747. The minimum atomic E-state index is 0.791. The van der Waals surface area contributed by atoms with E-state index in [9.17, 15) is 0 Å². The Morgan fingerprint density at radius 2 is 1.64 bits per heavy atom. The summed E-state index contributed by atoms with van der Waals surface area (Å²) in [4.78, 5) is 0. The highest BCUT2D eigenvalue weighted by atomic mass is 14.2. The van der Waals surface area contributed by atoms with E-state index in [1.165, 1.54) is 24.0 Å². The van der Waals surface area contributed by atoms with Gasteiger partial charge in [-0.2, -0.15) is 0 Å². The maximum absolute atomic E-state index is 2.38. The number of rotatable bonds is 0. The molecule has 1 aliphatic carbocycles. The van der Waals surface area contributed by atoms with E-state index in [0.29, 0.717) is 0 Å². The van der Waals surface area contributed by atoms with Crippen LogP contribution in [0.4, 0.5) is 0 Å². The molecule has 1 atom stereocenters. The van der Waals surface area contributed by atoms with Crippen LogP contribution in [0.25, 0.3) is 0 Å². The lowest BCUT2D eigenvalue weighted by Gasteiger charge is -2.07. The van der Waals surface area contributed by atoms with Crippen molar-refractivity contribution in [3.05, 3.63) is 34.4 Å². The Labute approximate surface area is 88.4 Å². The summed E-state index contributed by atoms with van der Waals surface area (Å²) < 4.78 is 0. The summed E-state index contributed by atoms with van der Waals surface area (Å²) in [5, 5.41) is 0. The summed E-state index contributed by atoms with van der Waals surface area (Å²) in [7, 11) is 0. The van der Waals surface area contributed by atoms with Gasteiger partial charge in [0.05, 0.1) is 0 Å². The van der Waals surface area contributed by atoms with Crippen molar-refractivity contribution >= 4 is 0 Å². The van der Waals surface area contributed by atoms with Gasteiger partial charge in [0.1, 0.15) is 0 Å². The van der Waals surface area contributed by atoms with Crippen molar-refractivity contribution in [3.8, 4) is 0 Å². The Hall–Kier alpha value is -0.780. The van der Waals surface area contributed by atoms with Gasteiger partial charge >= 0.3 is 0 Å². The first-order chi connectivity index (χ1) is 6.68. The summed E-state index contributed by atoms with van der Waals surface area (Å²) in [6, 6.07) is 4.75. The molecule has 0 bridgehead atoms. The highest BCUT2D eigenvalue weighted by Gasteiger charge is 2.18. The molecule has 0 spiro atoms. The second-order valence-electron chi connectivity index (χ2n) is 4.08. The fourth-order valence-electron chi connectivity index (χ4n) is 2.10. The van der Waals surface area contributed by atoms with Crippen LogP contribution in [0.5, 0.6) is 0 Å². The first-order valence-electron chi connectivity index (χ1n) is 5.78. The molecule has 1 aromatic carbocycles. The molecule has 2 rings (SSSR count). The van der Waals surface area contributed by atoms with E-state index in [-0.39, 0.29) is 0 Å². The Balaban J connectivity index is 0.000000461. The van der Waals surface area contributed by atoms with E-state index in [1.807, 2.05) is 13.8 Å². The number of benzene rings is 1. The summed E-state index contributed by atoms with van der Waals surface area (Å²) in [6.07, 6.45) is 2.63. The van der Waals surface area contributed by atoms with E-state index in [0.717, 1.165) is 5.92 Å². The normalized spacial score (nSPS) is 18.5. The van der Waals surface area contributed by atoms with Crippen molar-refractivity contribution in [2.75, 3.05) is 0 Å². The van der Waals surface area contributed by atoms with Crippen LogP contribution in [0.2, 0.25) is 0 Å². The molecule has 0 heteroatoms. The lowest BCUT2D eigenvalue weighted by Crippen LogP contribution is -1.90. The van der Waals surface area contributed by atoms with Crippen LogP contribution in [0, 0.1) is 13.8 Å². The van der Waals surface area contributed by atoms with Crippen molar-refractivity contribution in [1.29, 1.82) is 0 Å². The zero-order valence-electron chi connectivity index (χ0n) is 10.1. The van der Waals surface area contributed by atoms with Crippen LogP contribution >= 0.6 is 0 Å². The number of hydrogen-bond acceptors (Lipinski definition) is 0. The second-order valence-corrected chi connectivity index (χ2v) is 4.08. The van der Waals surface area contributed by atoms with Crippen molar-refractivity contribution in [2.24, 2.45) is 0 Å². The predicted molar refractivity (Wildman–Crippen MR) is 64.0 cm³/mol. The van der Waals surface area contributed by atoms with Gasteiger partial charge in [-0.15, -0.1) is 0 Å². The molecule has 0 nitrogen and oxygen atoms in total. The van der Waals surface area contributed by atoms with Crippen LogP contribution in [0.15, 0.2) is 12.1 Å². The van der Waals surface area contributed by atoms with Crippen LogP contribution in [-0.4, -0.2) is 0 Å². The summed E-state index contributed by atoms with van der Waals surface area (Å²) >= 11 is 0. The molecule has 1 aliphatic rings. The van der Waals surface area contributed by atoms with Gasteiger partial charge in [-0.25, -0.2) is 0 Å². The van der Waals surface area contributed by atoms with Gasteiger partial charge in [-0.3, -0.25) is 0 Å². The first-order valence-corrected chi connectivity index (χ1v) is 5.78. The molecule has 0 aromatic heterocycles. The molecule has 0 radical (unpaired) electrons. The molecular formula is C14H22. The van der Waals surface area contributed by atoms with Gasteiger partial charge < -0.3 is 0 Å². The highest BCUT2D eigenvalue weighted by molar-refractivity contribution is 5.41. The van der Waals surface area contributed by atoms with E-state index in [4.69, 9.17) is 0 Å². The zero-order valence-corrected chi connectivity index (χ0v) is 10.1. The first kappa shape index (κ1) is 11.3. The third kappa shape index (κ3) is 2.00. The molecule has 0 heterocycles. The summed E-state index contributed by atoms with van der Waals surface area (Å²) in [5.41, 5.74) is 6.08. The van der Waals surface area contributed by atoms with Crippen LogP contribution in [0.3, 0.4) is 0 Å². The Morgan fingerprint density at radius 1 is 1.07 bits per heavy atom. The molecular weight excluding hydrogens is 168 g/mol. The molecule has 14 heavy (non-hydrogen) atoms. The standard InChI is InChI=1S/C12H16.C2H6/c1-8-4-5-11-6-9(2)10(3)7-12(8)11;1-2/h6-8H,4-5H2,1-3H3;1-2H3. The number of aryl methyl sites for hydroxylation is 3. The van der Waals surface area contributed by atoms with Crippen molar-refractivity contribution in [3.63, 3.8) is 0 Å². The molecule has 78 valence electrons. The quantitative estimate of drug-likeness (QED) is 0.569. The smallest absolute Gasteiger partial charge is 0.0184 e. The second kappa shape index (κ2) is 4.63. The third-order valence-corrected chi connectivity index (χ3v) is 3.13. The van der Waals surface area contributed by atoms with Gasteiger partial charge in [-0.05, 0) is 54.9 Å². The van der Waals surface area contributed by atoms with Crippen LogP contribution in [-0.2, 0) is 6.42 Å². The summed E-state index contributed by atoms with van der Waals surface area (Å²) in [5.74, 6) is 0.791. The molecule has 0 saturated heterocycles. The molecule has 0 amide bonds. The summed E-state index contributed by atoms with van der Waals surface area (Å²) in [6.45, 7) is 10.7. The highest BCUT2D eigenvalue weighted by Crippen LogP contribution is 2.33. The maximum atomic E-state index is 2.38. The topological polar surface area (TPSA) is 0 Å². The van der Waals surface area contributed by atoms with Gasteiger partial charge in [0, 0.05) is 0 Å². The van der Waals surface area contributed by atoms with E-state index in [2.05, 4.69) is 32.9 Å². The van der Waals surface area contributed by atoms with Crippen LogP contribution in [0.1, 0.15) is 55.4 Å². The molecule has 1 unspecified atom stereocenters. The molecule has 0 saturated carbocycles.